The van der Waals surface area contributed by atoms with Gasteiger partial charge in [-0.1, -0.05) is 141 Å². The molecule has 0 aromatic rings. The minimum Gasteiger partial charge on any atom is -1.00 e. The Kier molecular flexibility index (Phi) is 48.7. The average Bonchev–Trinajstić information content (AvgIpc) is 3.17. The molecule has 0 unspecified atom stereocenters. The van der Waals surface area contributed by atoms with Gasteiger partial charge >= 0.3 is 0 Å². The minimum absolute atomic E-state index is 0. The molecule has 0 radical (unpaired) electrons. The molecule has 0 saturated carbocycles. The molecule has 0 aromatic heterocycles. The Balaban J connectivity index is -0.0000151. The van der Waals surface area contributed by atoms with Crippen LogP contribution in [0, 0.1) is 0 Å². The topological polar surface area (TPSA) is 58.2 Å². The zero-order valence-corrected chi connectivity index (χ0v) is 42.8. The summed E-state index contributed by atoms with van der Waals surface area (Å²) in [6, 6.07) is 0. The summed E-state index contributed by atoms with van der Waals surface area (Å²) in [6.45, 7) is 10.7. The van der Waals surface area contributed by atoms with Crippen molar-refractivity contribution in [3.63, 3.8) is 0 Å². The van der Waals surface area contributed by atoms with Gasteiger partial charge in [-0.05, 0) is 64.2 Å². The number of quaternary nitrogens is 2. The van der Waals surface area contributed by atoms with E-state index in [0.29, 0.717) is 12.8 Å². The SMILES string of the molecule is CCCCCCCCC=CCCCCCCCC(=O)NCCC[N+](C)(C)CCCC[N+](C)(C)CCCNC(=O)CCCCCCCC=CCCCCCCCC.[Br-].[Br-]. The fraction of sp³-hybridized carbons (Fsp3) is 0.880. The van der Waals surface area contributed by atoms with Gasteiger partial charge in [0.1, 0.15) is 0 Å². The number of hydrogen-bond acceptors (Lipinski definition) is 2. The Labute approximate surface area is 384 Å². The molecule has 0 atom stereocenters. The number of nitrogens with one attached hydrogen (secondary N) is 2. The van der Waals surface area contributed by atoms with Gasteiger partial charge in [0.25, 0.3) is 0 Å². The predicted octanol–water partition coefficient (Wildman–Crippen LogP) is 7.02. The first-order chi connectivity index (χ1) is 27.1. The van der Waals surface area contributed by atoms with Crippen molar-refractivity contribution < 1.29 is 52.5 Å². The Morgan fingerprint density at radius 2 is 0.621 bits per heavy atom. The van der Waals surface area contributed by atoms with E-state index in [0.717, 1.165) is 60.8 Å². The average molecular weight is 949 g/mol. The van der Waals surface area contributed by atoms with Crippen LogP contribution in [0.25, 0.3) is 0 Å². The molecule has 0 spiro atoms. The van der Waals surface area contributed by atoms with Crippen LogP contribution in [0.4, 0.5) is 0 Å². The molecule has 0 aliphatic heterocycles. The molecule has 0 aliphatic rings. The van der Waals surface area contributed by atoms with Gasteiger partial charge in [0.15, 0.2) is 0 Å². The van der Waals surface area contributed by atoms with Crippen LogP contribution in [0.1, 0.15) is 219 Å². The molecule has 0 aliphatic carbocycles. The molecule has 0 aromatic carbocycles. The molecule has 0 heterocycles. The van der Waals surface area contributed by atoms with Crippen LogP contribution in [0.15, 0.2) is 24.3 Å². The number of allylic oxidation sites excluding steroid dienone is 4. The minimum atomic E-state index is 0. The molecule has 2 amide bonds. The summed E-state index contributed by atoms with van der Waals surface area (Å²) in [7, 11) is 9.30. The van der Waals surface area contributed by atoms with E-state index in [1.807, 2.05) is 0 Å². The van der Waals surface area contributed by atoms with Crippen LogP contribution in [0.5, 0.6) is 0 Å². The normalized spacial score (nSPS) is 11.9. The number of hydrogen-bond donors (Lipinski definition) is 2. The summed E-state index contributed by atoms with van der Waals surface area (Å²) in [5, 5.41) is 6.33. The van der Waals surface area contributed by atoms with Gasteiger partial charge < -0.3 is 53.6 Å². The maximum atomic E-state index is 12.3. The number of nitrogens with zero attached hydrogens (tertiary/aromatic N) is 2. The van der Waals surface area contributed by atoms with Gasteiger partial charge in [-0.25, -0.2) is 0 Å². The Morgan fingerprint density at radius 1 is 0.362 bits per heavy atom. The monoisotopic (exact) mass is 947 g/mol. The molecule has 2 N–H and O–H groups in total. The Morgan fingerprint density at radius 3 is 0.931 bits per heavy atom. The van der Waals surface area contributed by atoms with Crippen LogP contribution in [0.3, 0.4) is 0 Å². The highest BCUT2D eigenvalue weighted by molar-refractivity contribution is 5.76. The largest absolute Gasteiger partial charge is 1.00 e. The number of carbonyl (C=O) groups excluding carboxylic acids is 2. The van der Waals surface area contributed by atoms with E-state index in [1.165, 1.54) is 180 Å². The maximum Gasteiger partial charge on any atom is 0.219 e. The van der Waals surface area contributed by atoms with E-state index in [-0.39, 0.29) is 45.8 Å². The van der Waals surface area contributed by atoms with Gasteiger partial charge in [-0.2, -0.15) is 0 Å². The first kappa shape index (κ1) is 61.6. The van der Waals surface area contributed by atoms with E-state index in [1.54, 1.807) is 0 Å². The van der Waals surface area contributed by atoms with Gasteiger partial charge in [-0.3, -0.25) is 9.59 Å². The van der Waals surface area contributed by atoms with Gasteiger partial charge in [0.05, 0.1) is 54.4 Å². The Hall–Kier alpha value is -0.700. The third-order valence-electron chi connectivity index (χ3n) is 11.6. The summed E-state index contributed by atoms with van der Waals surface area (Å²) in [5.41, 5.74) is 0. The maximum absolute atomic E-state index is 12.3. The third-order valence-corrected chi connectivity index (χ3v) is 11.6. The van der Waals surface area contributed by atoms with Crippen molar-refractivity contribution in [1.82, 2.24) is 10.6 Å². The molecule has 58 heavy (non-hydrogen) atoms. The molecule has 8 heteroatoms. The number of carbonyl (C=O) groups is 2. The fourth-order valence-corrected chi connectivity index (χ4v) is 7.66. The van der Waals surface area contributed by atoms with Crippen molar-refractivity contribution in [2.75, 3.05) is 67.5 Å². The molecule has 0 rings (SSSR count). The fourth-order valence-electron chi connectivity index (χ4n) is 7.66. The lowest BCUT2D eigenvalue weighted by Gasteiger charge is -2.32. The number of amides is 2. The molecular weight excluding hydrogens is 848 g/mol. The zero-order valence-electron chi connectivity index (χ0n) is 39.6. The molecule has 0 bridgehead atoms. The van der Waals surface area contributed by atoms with Crippen molar-refractivity contribution in [2.24, 2.45) is 0 Å². The second-order valence-corrected chi connectivity index (χ2v) is 18.5. The lowest BCUT2D eigenvalue weighted by molar-refractivity contribution is -0.896. The van der Waals surface area contributed by atoms with Crippen LogP contribution < -0.4 is 44.6 Å². The van der Waals surface area contributed by atoms with Crippen LogP contribution in [-0.4, -0.2) is 88.2 Å². The van der Waals surface area contributed by atoms with Crippen molar-refractivity contribution in [3.05, 3.63) is 24.3 Å². The van der Waals surface area contributed by atoms with E-state index in [4.69, 9.17) is 0 Å². The highest BCUT2D eigenvalue weighted by Crippen LogP contribution is 2.13. The van der Waals surface area contributed by atoms with E-state index in [9.17, 15) is 9.59 Å². The number of unbranched alkanes of at least 4 members (excludes halogenated alkanes) is 23. The van der Waals surface area contributed by atoms with Gasteiger partial charge in [0, 0.05) is 51.6 Å². The van der Waals surface area contributed by atoms with Crippen molar-refractivity contribution in [3.8, 4) is 0 Å². The van der Waals surface area contributed by atoms with Crippen LogP contribution >= 0.6 is 0 Å². The molecule has 0 fully saturated rings. The summed E-state index contributed by atoms with van der Waals surface area (Å²) in [5.74, 6) is 0.455. The summed E-state index contributed by atoms with van der Waals surface area (Å²) in [6.07, 6.45) is 48.9. The Bertz CT molecular complexity index is 867. The van der Waals surface area contributed by atoms with E-state index in [2.05, 4.69) is 77.0 Å². The van der Waals surface area contributed by atoms with Gasteiger partial charge in [-0.15, -0.1) is 0 Å². The van der Waals surface area contributed by atoms with Crippen molar-refractivity contribution >= 4 is 11.8 Å². The predicted molar refractivity (Wildman–Crippen MR) is 247 cm³/mol. The van der Waals surface area contributed by atoms with E-state index < -0.39 is 0 Å². The summed E-state index contributed by atoms with van der Waals surface area (Å²) >= 11 is 0. The summed E-state index contributed by atoms with van der Waals surface area (Å²) < 4.78 is 2.03. The summed E-state index contributed by atoms with van der Waals surface area (Å²) in [4.78, 5) is 24.6. The highest BCUT2D eigenvalue weighted by Gasteiger charge is 2.18. The van der Waals surface area contributed by atoms with Gasteiger partial charge in [0.2, 0.25) is 11.8 Å². The first-order valence-corrected chi connectivity index (χ1v) is 24.6. The molecule has 6 nitrogen and oxygen atoms in total. The lowest BCUT2D eigenvalue weighted by atomic mass is 10.1. The highest BCUT2D eigenvalue weighted by atomic mass is 79.9. The van der Waals surface area contributed by atoms with Crippen molar-refractivity contribution in [2.45, 2.75) is 219 Å². The van der Waals surface area contributed by atoms with Crippen LogP contribution in [-0.2, 0) is 9.59 Å². The number of halogens is 2. The molecule has 0 saturated heterocycles. The molecular formula is C50H100Br2N4O2. The van der Waals surface area contributed by atoms with Crippen LogP contribution in [0.2, 0.25) is 0 Å². The standard InChI is InChI=1S/C50H98N4O2.2BrH/c1-7-9-11-13-15-17-19-21-23-25-27-29-31-33-35-41-49(55)51-43-39-47-53(3,4)45-37-38-46-54(5,6)48-40-44-52-50(56)42-36-34-32-30-28-26-24-22-20-18-16-14-12-10-8-2;;/h21-24H,7-20,25-48H2,1-6H3;2*1H. The zero-order chi connectivity index (χ0) is 41.3. The second kappa shape index (κ2) is 45.8. The lowest BCUT2D eigenvalue weighted by Crippen LogP contribution is -3.00. The molecule has 346 valence electrons. The first-order valence-electron chi connectivity index (χ1n) is 24.6. The quantitative estimate of drug-likeness (QED) is 0.0393. The number of rotatable bonds is 43. The van der Waals surface area contributed by atoms with Crippen molar-refractivity contribution in [1.29, 1.82) is 0 Å². The second-order valence-electron chi connectivity index (χ2n) is 18.5. The smallest absolute Gasteiger partial charge is 0.219 e. The third kappa shape index (κ3) is 48.0. The van der Waals surface area contributed by atoms with E-state index >= 15 is 0 Å².